The number of carbonyl (C=O) groups excluding carboxylic acids is 1. The average molecular weight is 315 g/mol. The van der Waals surface area contributed by atoms with E-state index in [1.54, 1.807) is 6.92 Å². The van der Waals surface area contributed by atoms with E-state index >= 15 is 0 Å². The second kappa shape index (κ2) is 5.72. The number of rotatable bonds is 4. The van der Waals surface area contributed by atoms with Gasteiger partial charge in [-0.1, -0.05) is 6.07 Å². The molecule has 4 nitrogen and oxygen atoms in total. The van der Waals surface area contributed by atoms with Gasteiger partial charge in [0.25, 0.3) is 5.91 Å². The van der Waals surface area contributed by atoms with Crippen molar-refractivity contribution >= 4 is 23.1 Å². The second-order valence-corrected chi connectivity index (χ2v) is 5.32. The van der Waals surface area contributed by atoms with Crippen LogP contribution in [0.5, 0.6) is 0 Å². The van der Waals surface area contributed by atoms with E-state index < -0.39 is 17.8 Å². The molecule has 0 aromatic carbocycles. The fourth-order valence-electron chi connectivity index (χ4n) is 1.74. The van der Waals surface area contributed by atoms with Gasteiger partial charge >= 0.3 is 6.18 Å². The molecular weight excluding hydrogens is 303 g/mol. The maximum Gasteiger partial charge on any atom is 0.433 e. The summed E-state index contributed by atoms with van der Waals surface area (Å²) in [6, 6.07) is 5.13. The molecule has 21 heavy (non-hydrogen) atoms. The number of primary amides is 1. The van der Waals surface area contributed by atoms with Gasteiger partial charge in [-0.05, 0) is 30.5 Å². The van der Waals surface area contributed by atoms with E-state index in [0.717, 1.165) is 17.0 Å². The second-order valence-electron chi connectivity index (χ2n) is 4.34. The van der Waals surface area contributed by atoms with Gasteiger partial charge in [0, 0.05) is 4.88 Å². The number of pyridine rings is 1. The normalized spacial score (nSPS) is 13.0. The van der Waals surface area contributed by atoms with Crippen LogP contribution in [-0.2, 0) is 6.18 Å². The molecule has 0 saturated carbocycles. The van der Waals surface area contributed by atoms with E-state index in [4.69, 9.17) is 5.73 Å². The minimum absolute atomic E-state index is 0.0774. The SMILES string of the molecule is CC(Nc1nc(C(F)(F)F)ccc1C(N)=O)c1cccs1. The molecule has 0 fully saturated rings. The Labute approximate surface area is 122 Å². The predicted molar refractivity (Wildman–Crippen MR) is 74.1 cm³/mol. The van der Waals surface area contributed by atoms with E-state index in [-0.39, 0.29) is 17.4 Å². The third-order valence-corrected chi connectivity index (χ3v) is 3.83. The quantitative estimate of drug-likeness (QED) is 0.908. The van der Waals surface area contributed by atoms with Crippen LogP contribution in [0, 0.1) is 0 Å². The molecule has 0 aliphatic rings. The first kappa shape index (κ1) is 15.3. The van der Waals surface area contributed by atoms with Crippen molar-refractivity contribution in [1.82, 2.24) is 4.98 Å². The standard InChI is InChI=1S/C13H12F3N3OS/c1-7(9-3-2-6-21-9)18-12-8(11(17)20)4-5-10(19-12)13(14,15)16/h2-7H,1H3,(H2,17,20)(H,18,19). The lowest BCUT2D eigenvalue weighted by atomic mass is 10.2. The molecule has 0 saturated heterocycles. The molecular formula is C13H12F3N3OS. The van der Waals surface area contributed by atoms with E-state index in [9.17, 15) is 18.0 Å². The van der Waals surface area contributed by atoms with Crippen LogP contribution < -0.4 is 11.1 Å². The highest BCUT2D eigenvalue weighted by molar-refractivity contribution is 7.10. The highest BCUT2D eigenvalue weighted by Gasteiger charge is 2.33. The van der Waals surface area contributed by atoms with Crippen molar-refractivity contribution < 1.29 is 18.0 Å². The van der Waals surface area contributed by atoms with Crippen LogP contribution in [0.15, 0.2) is 29.6 Å². The van der Waals surface area contributed by atoms with Crippen molar-refractivity contribution in [3.8, 4) is 0 Å². The molecule has 0 spiro atoms. The van der Waals surface area contributed by atoms with Gasteiger partial charge < -0.3 is 11.1 Å². The highest BCUT2D eigenvalue weighted by Crippen LogP contribution is 2.31. The molecule has 0 aliphatic heterocycles. The Kier molecular flexibility index (Phi) is 4.17. The highest BCUT2D eigenvalue weighted by atomic mass is 32.1. The summed E-state index contributed by atoms with van der Waals surface area (Å²) >= 11 is 1.45. The number of hydrogen-bond donors (Lipinski definition) is 2. The van der Waals surface area contributed by atoms with Gasteiger partial charge in [-0.25, -0.2) is 4.98 Å². The lowest BCUT2D eigenvalue weighted by Crippen LogP contribution is -2.19. The molecule has 1 amide bonds. The van der Waals surface area contributed by atoms with Gasteiger partial charge in [-0.15, -0.1) is 11.3 Å². The summed E-state index contributed by atoms with van der Waals surface area (Å²) in [5.41, 5.74) is 4.02. The van der Waals surface area contributed by atoms with Gasteiger partial charge in [0.1, 0.15) is 11.5 Å². The summed E-state index contributed by atoms with van der Waals surface area (Å²) in [5, 5.41) is 4.65. The number of nitrogens with one attached hydrogen (secondary N) is 1. The fraction of sp³-hybridized carbons (Fsp3) is 0.231. The van der Waals surface area contributed by atoms with E-state index in [1.165, 1.54) is 11.3 Å². The van der Waals surface area contributed by atoms with Crippen LogP contribution in [0.25, 0.3) is 0 Å². The molecule has 0 aliphatic carbocycles. The molecule has 0 bridgehead atoms. The smallest absolute Gasteiger partial charge is 0.365 e. The first-order valence-electron chi connectivity index (χ1n) is 5.97. The zero-order chi connectivity index (χ0) is 15.6. The van der Waals surface area contributed by atoms with Gasteiger partial charge in [-0.2, -0.15) is 13.2 Å². The third-order valence-electron chi connectivity index (χ3n) is 2.77. The maximum atomic E-state index is 12.7. The first-order valence-corrected chi connectivity index (χ1v) is 6.85. The van der Waals surface area contributed by atoms with Crippen molar-refractivity contribution in [2.24, 2.45) is 5.73 Å². The molecule has 1 unspecified atom stereocenters. The number of alkyl halides is 3. The summed E-state index contributed by atoms with van der Waals surface area (Å²) in [6.07, 6.45) is -4.58. The minimum atomic E-state index is -4.58. The summed E-state index contributed by atoms with van der Waals surface area (Å²) in [6.45, 7) is 1.76. The van der Waals surface area contributed by atoms with Crippen LogP contribution in [-0.4, -0.2) is 10.9 Å². The third kappa shape index (κ3) is 3.52. The molecule has 2 aromatic rings. The molecule has 3 N–H and O–H groups in total. The van der Waals surface area contributed by atoms with Crippen molar-refractivity contribution in [3.05, 3.63) is 45.8 Å². The number of thiophene rings is 1. The molecule has 2 aromatic heterocycles. The molecule has 1 atom stereocenters. The topological polar surface area (TPSA) is 68.0 Å². The summed E-state index contributed by atoms with van der Waals surface area (Å²) in [7, 11) is 0. The maximum absolute atomic E-state index is 12.7. The number of hydrogen-bond acceptors (Lipinski definition) is 4. The molecule has 0 radical (unpaired) electrons. The minimum Gasteiger partial charge on any atom is -0.365 e. The number of nitrogens with zero attached hydrogens (tertiary/aromatic N) is 1. The lowest BCUT2D eigenvalue weighted by Gasteiger charge is -2.16. The average Bonchev–Trinajstić information content (AvgIpc) is 2.91. The Hall–Kier alpha value is -2.09. The number of halogens is 3. The van der Waals surface area contributed by atoms with Gasteiger partial charge in [0.2, 0.25) is 0 Å². The number of anilines is 1. The van der Waals surface area contributed by atoms with E-state index in [0.29, 0.717) is 0 Å². The monoisotopic (exact) mass is 315 g/mol. The Morgan fingerprint density at radius 2 is 2.10 bits per heavy atom. The first-order chi connectivity index (χ1) is 9.79. The Bertz CT molecular complexity index is 641. The number of carbonyl (C=O) groups is 1. The van der Waals surface area contributed by atoms with Crippen molar-refractivity contribution in [1.29, 1.82) is 0 Å². The summed E-state index contributed by atoms with van der Waals surface area (Å²) in [5.74, 6) is -1.00. The fourth-order valence-corrected chi connectivity index (χ4v) is 2.47. The van der Waals surface area contributed by atoms with Crippen LogP contribution in [0.1, 0.15) is 33.9 Å². The predicted octanol–water partition coefficient (Wildman–Crippen LogP) is 3.43. The van der Waals surface area contributed by atoms with E-state index in [1.807, 2.05) is 17.5 Å². The van der Waals surface area contributed by atoms with Crippen LogP contribution in [0.4, 0.5) is 19.0 Å². The van der Waals surface area contributed by atoms with E-state index in [2.05, 4.69) is 10.3 Å². The Morgan fingerprint density at radius 1 is 1.38 bits per heavy atom. The van der Waals surface area contributed by atoms with Crippen molar-refractivity contribution in [3.63, 3.8) is 0 Å². The van der Waals surface area contributed by atoms with Crippen molar-refractivity contribution in [2.45, 2.75) is 19.1 Å². The Morgan fingerprint density at radius 3 is 2.62 bits per heavy atom. The summed E-state index contributed by atoms with van der Waals surface area (Å²) < 4.78 is 38.1. The van der Waals surface area contributed by atoms with Gasteiger partial charge in [-0.3, -0.25) is 4.79 Å². The summed E-state index contributed by atoms with van der Waals surface area (Å²) in [4.78, 5) is 15.7. The van der Waals surface area contributed by atoms with Gasteiger partial charge in [0.05, 0.1) is 11.6 Å². The number of aromatic nitrogens is 1. The Balaban J connectivity index is 2.37. The number of amides is 1. The van der Waals surface area contributed by atoms with Crippen LogP contribution in [0.3, 0.4) is 0 Å². The van der Waals surface area contributed by atoms with Crippen LogP contribution >= 0.6 is 11.3 Å². The molecule has 2 heterocycles. The van der Waals surface area contributed by atoms with Gasteiger partial charge in [0.15, 0.2) is 0 Å². The lowest BCUT2D eigenvalue weighted by molar-refractivity contribution is -0.141. The van der Waals surface area contributed by atoms with Crippen LogP contribution in [0.2, 0.25) is 0 Å². The van der Waals surface area contributed by atoms with Crippen molar-refractivity contribution in [2.75, 3.05) is 5.32 Å². The molecule has 2 rings (SSSR count). The number of nitrogens with two attached hydrogens (primary N) is 1. The largest absolute Gasteiger partial charge is 0.433 e. The zero-order valence-electron chi connectivity index (χ0n) is 10.9. The zero-order valence-corrected chi connectivity index (χ0v) is 11.8. The molecule has 112 valence electrons. The molecule has 8 heteroatoms.